The Morgan fingerprint density at radius 3 is 2.42 bits per heavy atom. The van der Waals surface area contributed by atoms with Crippen molar-refractivity contribution in [1.29, 1.82) is 0 Å². The van der Waals surface area contributed by atoms with Gasteiger partial charge in [-0.25, -0.2) is 13.2 Å². The van der Waals surface area contributed by atoms with E-state index in [2.05, 4.69) is 20.5 Å². The number of aromatic nitrogens is 3. The summed E-state index contributed by atoms with van der Waals surface area (Å²) >= 11 is 6.49. The fourth-order valence-corrected chi connectivity index (χ4v) is 3.72. The summed E-state index contributed by atoms with van der Waals surface area (Å²) in [6.45, 7) is 4.66. The van der Waals surface area contributed by atoms with Crippen molar-refractivity contribution in [3.05, 3.63) is 64.2 Å². The molecule has 0 aliphatic carbocycles. The first-order valence-corrected chi connectivity index (χ1v) is 9.87. The van der Waals surface area contributed by atoms with Gasteiger partial charge in [-0.15, -0.1) is 10.2 Å². The quantitative estimate of drug-likeness (QED) is 0.633. The highest BCUT2D eigenvalue weighted by Gasteiger charge is 2.32. The minimum atomic E-state index is -1.28. The van der Waals surface area contributed by atoms with E-state index < -0.39 is 28.8 Å². The molecule has 0 amide bonds. The van der Waals surface area contributed by atoms with Crippen LogP contribution in [0.3, 0.4) is 0 Å². The molecule has 2 aromatic carbocycles. The molecule has 1 aliphatic heterocycles. The predicted molar refractivity (Wildman–Crippen MR) is 111 cm³/mol. The Morgan fingerprint density at radius 1 is 1.10 bits per heavy atom. The molecule has 0 spiro atoms. The first-order valence-electron chi connectivity index (χ1n) is 9.49. The van der Waals surface area contributed by atoms with Crippen molar-refractivity contribution in [2.45, 2.75) is 19.4 Å². The predicted octanol–water partition coefficient (Wildman–Crippen LogP) is 4.22. The smallest absolute Gasteiger partial charge is 0.192 e. The molecule has 0 fully saturated rings. The van der Waals surface area contributed by atoms with Crippen molar-refractivity contribution >= 4 is 17.4 Å². The number of hydrogen-bond acceptors (Lipinski definition) is 5. The summed E-state index contributed by atoms with van der Waals surface area (Å²) in [5.41, 5.74) is 0.203. The minimum Gasteiger partial charge on any atom is -0.474 e. The number of aliphatic imine (C=N–C) groups is 1. The van der Waals surface area contributed by atoms with E-state index in [4.69, 9.17) is 16.3 Å². The summed E-state index contributed by atoms with van der Waals surface area (Å²) in [6.07, 6.45) is 0. The second-order valence-electron chi connectivity index (χ2n) is 7.57. The van der Waals surface area contributed by atoms with Gasteiger partial charge in [0.05, 0.1) is 11.6 Å². The number of hydrogen-bond donors (Lipinski definition) is 1. The Kier molecular flexibility index (Phi) is 5.38. The van der Waals surface area contributed by atoms with Crippen LogP contribution in [0.15, 0.2) is 35.3 Å². The molecule has 1 aliphatic rings. The van der Waals surface area contributed by atoms with Crippen molar-refractivity contribution in [2.24, 2.45) is 12.0 Å². The van der Waals surface area contributed by atoms with Crippen LogP contribution in [0.4, 0.5) is 13.2 Å². The first-order chi connectivity index (χ1) is 14.7. The van der Waals surface area contributed by atoms with Crippen molar-refractivity contribution in [1.82, 2.24) is 20.1 Å². The molecule has 31 heavy (non-hydrogen) atoms. The molecule has 10 heteroatoms. The van der Waals surface area contributed by atoms with Gasteiger partial charge in [-0.2, -0.15) is 0 Å². The summed E-state index contributed by atoms with van der Waals surface area (Å²) in [5, 5.41) is 12.0. The van der Waals surface area contributed by atoms with E-state index in [1.54, 1.807) is 37.6 Å². The molecular weight excluding hydrogens is 431 g/mol. The summed E-state index contributed by atoms with van der Waals surface area (Å²) in [7, 11) is 1.69. The minimum absolute atomic E-state index is 0.299. The van der Waals surface area contributed by atoms with E-state index in [0.717, 1.165) is 17.9 Å². The molecule has 0 atom stereocenters. The van der Waals surface area contributed by atoms with Gasteiger partial charge < -0.3 is 14.6 Å². The highest BCUT2D eigenvalue weighted by molar-refractivity contribution is 6.33. The molecule has 0 radical (unpaired) electrons. The van der Waals surface area contributed by atoms with Gasteiger partial charge in [0, 0.05) is 36.9 Å². The van der Waals surface area contributed by atoms with Gasteiger partial charge in [0.2, 0.25) is 0 Å². The zero-order valence-electron chi connectivity index (χ0n) is 17.0. The third-order valence-electron chi connectivity index (χ3n) is 4.89. The fourth-order valence-electron chi connectivity index (χ4n) is 3.45. The summed E-state index contributed by atoms with van der Waals surface area (Å²) in [5.74, 6) is -2.48. The molecule has 162 valence electrons. The van der Waals surface area contributed by atoms with E-state index in [9.17, 15) is 13.2 Å². The van der Waals surface area contributed by atoms with Crippen LogP contribution in [0.1, 0.15) is 25.2 Å². The second kappa shape index (κ2) is 7.88. The van der Waals surface area contributed by atoms with E-state index in [1.807, 2.05) is 6.07 Å². The van der Waals surface area contributed by atoms with E-state index in [1.165, 1.54) is 0 Å². The molecule has 2 heterocycles. The molecule has 0 saturated heterocycles. The van der Waals surface area contributed by atoms with E-state index in [0.29, 0.717) is 40.9 Å². The number of halogens is 4. The van der Waals surface area contributed by atoms with Gasteiger partial charge in [0.25, 0.3) is 0 Å². The molecule has 1 aromatic heterocycles. The van der Waals surface area contributed by atoms with Gasteiger partial charge in [0.15, 0.2) is 34.6 Å². The Morgan fingerprint density at radius 2 is 1.81 bits per heavy atom. The maximum atomic E-state index is 14.1. The molecule has 6 nitrogen and oxygen atoms in total. The molecule has 0 saturated carbocycles. The normalized spacial score (nSPS) is 13.8. The third kappa shape index (κ3) is 3.97. The lowest BCUT2D eigenvalue weighted by molar-refractivity contribution is 0.0833. The lowest BCUT2D eigenvalue weighted by Crippen LogP contribution is -2.30. The SMILES string of the molecule is Cn1c(-c2ccc(C3=NCCN3)cc2Cl)nnc1C(C)(C)Oc1c(F)cc(F)cc1F. The fraction of sp³-hybridized carbons (Fsp3) is 0.286. The van der Waals surface area contributed by atoms with Crippen LogP contribution in [0.5, 0.6) is 5.75 Å². The summed E-state index contributed by atoms with van der Waals surface area (Å²) in [6, 6.07) is 6.58. The molecule has 0 unspecified atom stereocenters. The number of amidine groups is 1. The Bertz CT molecular complexity index is 1170. The van der Waals surface area contributed by atoms with Crippen molar-refractivity contribution in [2.75, 3.05) is 13.1 Å². The monoisotopic (exact) mass is 449 g/mol. The van der Waals surface area contributed by atoms with Crippen LogP contribution in [0.25, 0.3) is 11.4 Å². The number of ether oxygens (including phenoxy) is 1. The number of nitrogens with one attached hydrogen (secondary N) is 1. The van der Waals surface area contributed by atoms with Crippen molar-refractivity contribution in [3.8, 4) is 17.1 Å². The number of nitrogens with zero attached hydrogens (tertiary/aromatic N) is 4. The maximum absolute atomic E-state index is 14.1. The van der Waals surface area contributed by atoms with E-state index >= 15 is 0 Å². The lowest BCUT2D eigenvalue weighted by Gasteiger charge is -2.26. The van der Waals surface area contributed by atoms with Crippen LogP contribution >= 0.6 is 11.6 Å². The lowest BCUT2D eigenvalue weighted by atomic mass is 10.1. The van der Waals surface area contributed by atoms with Crippen molar-refractivity contribution in [3.63, 3.8) is 0 Å². The highest BCUT2D eigenvalue weighted by Crippen LogP contribution is 2.34. The molecule has 3 aromatic rings. The summed E-state index contributed by atoms with van der Waals surface area (Å²) in [4.78, 5) is 4.38. The van der Waals surface area contributed by atoms with Crippen LogP contribution < -0.4 is 10.1 Å². The maximum Gasteiger partial charge on any atom is 0.192 e. The average molecular weight is 450 g/mol. The first kappa shape index (κ1) is 21.2. The molecule has 4 rings (SSSR count). The van der Waals surface area contributed by atoms with Gasteiger partial charge in [-0.1, -0.05) is 17.7 Å². The standard InChI is InChI=1S/C21H19ClF3N5O/c1-21(2,31-17-15(24)9-12(23)10-16(17)25)20-29-28-19(30(20)3)13-5-4-11(8-14(13)22)18-26-6-7-27-18/h4-5,8-10H,6-7H2,1-3H3,(H,26,27). The van der Waals surface area contributed by atoms with E-state index in [-0.39, 0.29) is 0 Å². The highest BCUT2D eigenvalue weighted by atomic mass is 35.5. The topological polar surface area (TPSA) is 64.3 Å². The zero-order valence-corrected chi connectivity index (χ0v) is 17.8. The van der Waals surface area contributed by atoms with Crippen LogP contribution in [0, 0.1) is 17.5 Å². The van der Waals surface area contributed by atoms with Crippen molar-refractivity contribution < 1.29 is 17.9 Å². The zero-order chi connectivity index (χ0) is 22.3. The Labute approximate surface area is 181 Å². The van der Waals surface area contributed by atoms with Gasteiger partial charge in [0.1, 0.15) is 11.7 Å². The molecular formula is C21H19ClF3N5O. The van der Waals surface area contributed by atoms with Crippen LogP contribution in [0.2, 0.25) is 5.02 Å². The average Bonchev–Trinajstić information content (AvgIpc) is 3.35. The Hall–Kier alpha value is -3.07. The van der Waals surface area contributed by atoms with Crippen LogP contribution in [-0.4, -0.2) is 33.7 Å². The van der Waals surface area contributed by atoms with Gasteiger partial charge >= 0.3 is 0 Å². The number of benzene rings is 2. The van der Waals surface area contributed by atoms with Crippen LogP contribution in [-0.2, 0) is 12.6 Å². The molecule has 0 bridgehead atoms. The van der Waals surface area contributed by atoms with Gasteiger partial charge in [-0.05, 0) is 26.0 Å². The largest absolute Gasteiger partial charge is 0.474 e. The summed E-state index contributed by atoms with van der Waals surface area (Å²) < 4.78 is 48.5. The number of rotatable bonds is 5. The third-order valence-corrected chi connectivity index (χ3v) is 5.20. The molecule has 1 N–H and O–H groups in total. The van der Waals surface area contributed by atoms with Gasteiger partial charge in [-0.3, -0.25) is 4.99 Å². The second-order valence-corrected chi connectivity index (χ2v) is 7.98. The Balaban J connectivity index is 1.66.